The Kier molecular flexibility index (Phi) is 2.78. The van der Waals surface area contributed by atoms with Crippen molar-refractivity contribution in [3.63, 3.8) is 0 Å². The number of aromatic nitrogens is 2. The van der Waals surface area contributed by atoms with Gasteiger partial charge in [-0.05, 0) is 31.9 Å². The van der Waals surface area contributed by atoms with Crippen molar-refractivity contribution in [2.45, 2.75) is 26.3 Å². The van der Waals surface area contributed by atoms with E-state index in [4.69, 9.17) is 0 Å². The Balaban J connectivity index is 1.98. The minimum absolute atomic E-state index is 0.0301. The van der Waals surface area contributed by atoms with E-state index < -0.39 is 0 Å². The molecule has 1 unspecified atom stereocenters. The van der Waals surface area contributed by atoms with Gasteiger partial charge in [-0.25, -0.2) is 9.97 Å². The fourth-order valence-electron chi connectivity index (χ4n) is 2.52. The van der Waals surface area contributed by atoms with Gasteiger partial charge in [0.25, 0.3) is 5.91 Å². The van der Waals surface area contributed by atoms with Crippen molar-refractivity contribution >= 4 is 11.6 Å². The molecule has 4 nitrogen and oxygen atoms in total. The maximum Gasteiger partial charge on any atom is 0.261 e. The third kappa shape index (κ3) is 1.99. The van der Waals surface area contributed by atoms with Crippen LogP contribution >= 0.6 is 0 Å². The average molecular weight is 253 g/mol. The molecule has 19 heavy (non-hydrogen) atoms. The van der Waals surface area contributed by atoms with Gasteiger partial charge in [-0.1, -0.05) is 18.2 Å². The predicted molar refractivity (Wildman–Crippen MR) is 73.2 cm³/mol. The lowest BCUT2D eigenvalue weighted by Crippen LogP contribution is -2.35. The van der Waals surface area contributed by atoms with Crippen molar-refractivity contribution in [1.82, 2.24) is 9.97 Å². The molecular weight excluding hydrogens is 238 g/mol. The molecule has 0 spiro atoms. The molecule has 1 amide bonds. The van der Waals surface area contributed by atoms with Gasteiger partial charge in [0.1, 0.15) is 5.82 Å². The van der Waals surface area contributed by atoms with E-state index in [0.717, 1.165) is 12.1 Å². The second-order valence-electron chi connectivity index (χ2n) is 4.88. The molecule has 1 aromatic heterocycles. The molecule has 3 rings (SSSR count). The largest absolute Gasteiger partial charge is 0.305 e. The van der Waals surface area contributed by atoms with Crippen LogP contribution in [-0.4, -0.2) is 21.9 Å². The van der Waals surface area contributed by atoms with Crippen LogP contribution in [-0.2, 0) is 6.42 Å². The smallest absolute Gasteiger partial charge is 0.261 e. The molecule has 0 saturated carbocycles. The quantitative estimate of drug-likeness (QED) is 0.784. The number of carbonyl (C=O) groups excluding carboxylic acids is 1. The number of hydrogen-bond acceptors (Lipinski definition) is 3. The molecule has 0 aliphatic carbocycles. The summed E-state index contributed by atoms with van der Waals surface area (Å²) in [5.74, 6) is 0.642. The number of aryl methyl sites for hydroxylation is 1. The first-order valence-electron chi connectivity index (χ1n) is 6.37. The van der Waals surface area contributed by atoms with Crippen LogP contribution < -0.4 is 4.90 Å². The van der Waals surface area contributed by atoms with Crippen molar-refractivity contribution in [2.24, 2.45) is 0 Å². The fourth-order valence-corrected chi connectivity index (χ4v) is 2.52. The lowest BCUT2D eigenvalue weighted by Gasteiger charge is -2.22. The molecule has 0 saturated heterocycles. The van der Waals surface area contributed by atoms with Gasteiger partial charge >= 0.3 is 0 Å². The van der Waals surface area contributed by atoms with E-state index in [1.807, 2.05) is 30.0 Å². The average Bonchev–Trinajstić information content (AvgIpc) is 2.74. The summed E-state index contributed by atoms with van der Waals surface area (Å²) in [4.78, 5) is 22.6. The second-order valence-corrected chi connectivity index (χ2v) is 4.88. The zero-order valence-corrected chi connectivity index (χ0v) is 11.0. The van der Waals surface area contributed by atoms with E-state index in [2.05, 4.69) is 23.0 Å². The SMILES string of the molecule is Cc1ncc(C(=O)N2c3ccccc3CC2C)cn1. The molecule has 1 aliphatic heterocycles. The van der Waals surface area contributed by atoms with Gasteiger partial charge in [0.05, 0.1) is 5.56 Å². The number of benzene rings is 1. The highest BCUT2D eigenvalue weighted by molar-refractivity contribution is 6.07. The maximum absolute atomic E-state index is 12.6. The Bertz CT molecular complexity index is 622. The van der Waals surface area contributed by atoms with Crippen molar-refractivity contribution in [2.75, 3.05) is 4.90 Å². The van der Waals surface area contributed by atoms with Crippen molar-refractivity contribution in [3.05, 3.63) is 53.6 Å². The van der Waals surface area contributed by atoms with Crippen LogP contribution in [0.1, 0.15) is 28.7 Å². The lowest BCUT2D eigenvalue weighted by molar-refractivity contribution is 0.0980. The van der Waals surface area contributed by atoms with Gasteiger partial charge in [0.15, 0.2) is 0 Å². The highest BCUT2D eigenvalue weighted by Crippen LogP contribution is 2.32. The molecule has 0 radical (unpaired) electrons. The summed E-state index contributed by atoms with van der Waals surface area (Å²) in [7, 11) is 0. The summed E-state index contributed by atoms with van der Waals surface area (Å²) < 4.78 is 0. The van der Waals surface area contributed by atoms with Crippen molar-refractivity contribution in [3.8, 4) is 0 Å². The van der Waals surface area contributed by atoms with Crippen LogP contribution in [0, 0.1) is 6.92 Å². The highest BCUT2D eigenvalue weighted by atomic mass is 16.2. The Morgan fingerprint density at radius 1 is 1.26 bits per heavy atom. The van der Waals surface area contributed by atoms with Gasteiger partial charge in [0, 0.05) is 24.1 Å². The van der Waals surface area contributed by atoms with Crippen LogP contribution in [0.15, 0.2) is 36.7 Å². The number of hydrogen-bond donors (Lipinski definition) is 0. The Morgan fingerprint density at radius 3 is 2.68 bits per heavy atom. The number of anilines is 1. The number of para-hydroxylation sites is 1. The first kappa shape index (κ1) is 11.8. The van der Waals surface area contributed by atoms with Crippen molar-refractivity contribution in [1.29, 1.82) is 0 Å². The standard InChI is InChI=1S/C15H15N3O/c1-10-7-12-5-3-4-6-14(12)18(10)15(19)13-8-16-11(2)17-9-13/h3-6,8-10H,7H2,1-2H3. The third-order valence-electron chi connectivity index (χ3n) is 3.45. The monoisotopic (exact) mass is 253 g/mol. The molecule has 1 atom stereocenters. The lowest BCUT2D eigenvalue weighted by atomic mass is 10.1. The molecule has 96 valence electrons. The molecule has 1 aliphatic rings. The molecule has 4 heteroatoms. The summed E-state index contributed by atoms with van der Waals surface area (Å²) in [5, 5.41) is 0. The Hall–Kier alpha value is -2.23. The molecule has 2 aromatic rings. The molecule has 1 aromatic carbocycles. The van der Waals surface area contributed by atoms with Gasteiger partial charge < -0.3 is 4.90 Å². The number of carbonyl (C=O) groups is 1. The minimum atomic E-state index is -0.0301. The van der Waals surface area contributed by atoms with E-state index in [0.29, 0.717) is 11.4 Å². The molecule has 0 N–H and O–H groups in total. The van der Waals surface area contributed by atoms with Crippen LogP contribution in [0.2, 0.25) is 0 Å². The predicted octanol–water partition coefficient (Wildman–Crippen LogP) is 2.38. The number of fused-ring (bicyclic) bond motifs is 1. The zero-order valence-electron chi connectivity index (χ0n) is 11.0. The third-order valence-corrected chi connectivity index (χ3v) is 3.45. The fraction of sp³-hybridized carbons (Fsp3) is 0.267. The van der Waals surface area contributed by atoms with E-state index in [-0.39, 0.29) is 11.9 Å². The summed E-state index contributed by atoms with van der Waals surface area (Å²) in [6, 6.07) is 8.21. The molecule has 0 fully saturated rings. The van der Waals surface area contributed by atoms with E-state index in [9.17, 15) is 4.79 Å². The van der Waals surface area contributed by atoms with Crippen LogP contribution in [0.3, 0.4) is 0 Å². The highest BCUT2D eigenvalue weighted by Gasteiger charge is 2.31. The maximum atomic E-state index is 12.6. The van der Waals surface area contributed by atoms with E-state index in [1.165, 1.54) is 5.56 Å². The normalized spacial score (nSPS) is 17.4. The minimum Gasteiger partial charge on any atom is -0.305 e. The molecule has 2 heterocycles. The zero-order chi connectivity index (χ0) is 13.4. The number of amides is 1. The summed E-state index contributed by atoms with van der Waals surface area (Å²) in [6.45, 7) is 3.87. The summed E-state index contributed by atoms with van der Waals surface area (Å²) >= 11 is 0. The first-order chi connectivity index (χ1) is 9.16. The van der Waals surface area contributed by atoms with Gasteiger partial charge in [-0.15, -0.1) is 0 Å². The Morgan fingerprint density at radius 2 is 1.95 bits per heavy atom. The summed E-state index contributed by atoms with van der Waals surface area (Å²) in [6.07, 6.45) is 4.09. The molecule has 0 bridgehead atoms. The number of rotatable bonds is 1. The second kappa shape index (κ2) is 4.46. The number of nitrogens with zero attached hydrogens (tertiary/aromatic N) is 3. The van der Waals surface area contributed by atoms with Gasteiger partial charge in [-0.2, -0.15) is 0 Å². The van der Waals surface area contributed by atoms with Gasteiger partial charge in [-0.3, -0.25) is 4.79 Å². The first-order valence-corrected chi connectivity index (χ1v) is 6.37. The summed E-state index contributed by atoms with van der Waals surface area (Å²) in [5.41, 5.74) is 2.76. The van der Waals surface area contributed by atoms with Gasteiger partial charge in [0.2, 0.25) is 0 Å². The Labute approximate surface area is 112 Å². The van der Waals surface area contributed by atoms with E-state index >= 15 is 0 Å². The van der Waals surface area contributed by atoms with E-state index in [1.54, 1.807) is 12.4 Å². The van der Waals surface area contributed by atoms with Crippen LogP contribution in [0.25, 0.3) is 0 Å². The topological polar surface area (TPSA) is 46.1 Å². The van der Waals surface area contributed by atoms with Crippen molar-refractivity contribution < 1.29 is 4.79 Å². The van der Waals surface area contributed by atoms with Crippen LogP contribution in [0.5, 0.6) is 0 Å². The van der Waals surface area contributed by atoms with Crippen LogP contribution in [0.4, 0.5) is 5.69 Å². The molecular formula is C15H15N3O.